The van der Waals surface area contributed by atoms with E-state index in [0.29, 0.717) is 71.6 Å². The van der Waals surface area contributed by atoms with Crippen LogP contribution in [0.4, 0.5) is 9.59 Å². The quantitative estimate of drug-likeness (QED) is 0.0718. The van der Waals surface area contributed by atoms with Gasteiger partial charge in [-0.25, -0.2) is 36.4 Å². The van der Waals surface area contributed by atoms with E-state index in [2.05, 4.69) is 21.3 Å². The molecule has 4 aromatic rings. The average Bonchev–Trinajstić information content (AvgIpc) is 1.48. The lowest BCUT2D eigenvalue weighted by Crippen LogP contribution is -2.60. The normalized spacial score (nSPS) is 25.9. The third kappa shape index (κ3) is 20.9. The van der Waals surface area contributed by atoms with Crippen molar-refractivity contribution in [1.29, 1.82) is 0 Å². The van der Waals surface area contributed by atoms with Crippen LogP contribution in [-0.2, 0) is 84.0 Å². The molecule has 28 heteroatoms. The first-order valence-corrected chi connectivity index (χ1v) is 39.3. The Bertz CT molecular complexity index is 4190. The first-order valence-electron chi connectivity index (χ1n) is 35.3. The van der Waals surface area contributed by atoms with Gasteiger partial charge in [-0.05, 0) is 202 Å². The van der Waals surface area contributed by atoms with Crippen molar-refractivity contribution >= 4 is 90.6 Å². The van der Waals surface area contributed by atoms with E-state index in [1.807, 2.05) is 48.6 Å². The van der Waals surface area contributed by atoms with Gasteiger partial charge in [-0.2, -0.15) is 0 Å². The van der Waals surface area contributed by atoms with E-state index in [9.17, 15) is 60.3 Å². The van der Waals surface area contributed by atoms with Gasteiger partial charge in [-0.1, -0.05) is 97.5 Å². The molecule has 6 amide bonds. The maximum Gasteiger partial charge on any atom is 0.408 e. The number of halogens is 2. The molecular weight excluding hydrogens is 1410 g/mol. The molecule has 4 aliphatic heterocycles. The number of primary sulfonamides is 1. The van der Waals surface area contributed by atoms with E-state index in [1.54, 1.807) is 102 Å². The van der Waals surface area contributed by atoms with Gasteiger partial charge in [0.2, 0.25) is 33.7 Å². The number of amides is 6. The number of rotatable bonds is 12. The van der Waals surface area contributed by atoms with Crippen molar-refractivity contribution < 1.29 is 79.2 Å². The predicted octanol–water partition coefficient (Wildman–Crippen LogP) is 11.0. The number of fused-ring (bicyclic) bond motifs is 6. The lowest BCUT2D eigenvalue weighted by atomic mass is 9.91. The number of Topliss-reactive ketones (excluding diaryl/α,β-unsaturated/α-hetero) is 1. The second-order valence-corrected chi connectivity index (χ2v) is 34.9. The van der Waals surface area contributed by atoms with E-state index in [1.165, 1.54) is 9.80 Å². The summed E-state index contributed by atoms with van der Waals surface area (Å²) in [6.07, 6.45) is 16.5. The molecule has 0 bridgehead atoms. The van der Waals surface area contributed by atoms with Gasteiger partial charge in [0.05, 0.1) is 10.5 Å². The molecule has 0 aromatic heterocycles. The standard InChI is InChI=1S/C38H46ClN3O8S.C34H40ClN3O7.C3H7NO2S/c1-37(2,3)50-36(46)40-31-13-8-6-4-5-7-10-26-21-38(26,33(43)23-51(47,48)30-16-17-30)41-34(44)32-19-25-18-29(49-28-12-9-11-27(39)20-28)15-14-24(25)22-42(32)35(31)45;1-33(2,3)45-32(43)36-27-13-8-6-4-5-7-10-23-19-34(23,31(41)42)37-29(39)28-17-22-16-26(44-25-12-9-11-24(35)18-25)15-14-21(22)20-38(28)30(27)40;4-7(5,6)3-1-2-3/h7,9-12,14-15,18,20,26,30-32H,4-6,8,13,16-17,19,21-23H2,1-3H3,(H,40,46)(H,41,44);7,9-12,14-16,18,23,27-28H,4-6,8,13,17,19-20H2,1-3H3,(H,36,43)(H,37,39)(H,41,42);3H,1-2H2,(H2,4,5,6)/b2*10-7-;/t26-,31+,32?,38-;23-,27+,28?,34-;/m11./s1. The minimum atomic E-state index is -3.63. The maximum atomic E-state index is 14.5. The number of aliphatic carboxylic acids is 1. The van der Waals surface area contributed by atoms with Gasteiger partial charge in [0.15, 0.2) is 15.6 Å². The molecule has 4 saturated carbocycles. The number of allylic oxidation sites excluding steroid dienone is 2. The number of carbonyl (C=O) groups is 8. The highest BCUT2D eigenvalue weighted by molar-refractivity contribution is 7.93. The number of sulfone groups is 1. The molecule has 8 atom stereocenters. The monoisotopic (exact) mass is 1500 g/mol. The number of nitrogens with zero attached hydrogens (tertiary/aromatic N) is 2. The Morgan fingerprint density at radius 2 is 0.981 bits per heavy atom. The number of ketones is 1. The molecule has 8 aliphatic rings. The Labute approximate surface area is 611 Å². The second kappa shape index (κ2) is 32.1. The lowest BCUT2D eigenvalue weighted by molar-refractivity contribution is -0.147. The number of carbonyl (C=O) groups excluding carboxylic acids is 7. The summed E-state index contributed by atoms with van der Waals surface area (Å²) in [5, 5.41) is 26.4. The molecule has 4 aromatic carbocycles. The van der Waals surface area contributed by atoms with Crippen molar-refractivity contribution in [1.82, 2.24) is 31.1 Å². The zero-order chi connectivity index (χ0) is 74.4. The van der Waals surface area contributed by atoms with Crippen LogP contribution in [0, 0.1) is 11.8 Å². The minimum absolute atomic E-state index is 0.0660. The Kier molecular flexibility index (Phi) is 24.2. The van der Waals surface area contributed by atoms with Crippen LogP contribution >= 0.6 is 23.2 Å². The summed E-state index contributed by atoms with van der Waals surface area (Å²) in [7, 11) is -6.76. The average molecular weight is 1500 g/mol. The largest absolute Gasteiger partial charge is 0.479 e. The Morgan fingerprint density at radius 1 is 0.563 bits per heavy atom. The fourth-order valence-corrected chi connectivity index (χ4v) is 16.2. The van der Waals surface area contributed by atoms with Crippen LogP contribution in [-0.4, -0.2) is 142 Å². The summed E-state index contributed by atoms with van der Waals surface area (Å²) in [5.74, 6) is -2.80. The van der Waals surface area contributed by atoms with Crippen molar-refractivity contribution in [2.24, 2.45) is 17.0 Å². The molecular formula is C75H93Cl2N7O17S2. The molecule has 12 rings (SSSR count). The van der Waals surface area contributed by atoms with Crippen molar-refractivity contribution in [3.8, 4) is 23.0 Å². The summed E-state index contributed by atoms with van der Waals surface area (Å²) in [5.41, 5.74) is -1.16. The molecule has 0 radical (unpaired) electrons. The van der Waals surface area contributed by atoms with Crippen LogP contribution in [0.3, 0.4) is 0 Å². The van der Waals surface area contributed by atoms with Crippen molar-refractivity contribution in [2.75, 3.05) is 5.75 Å². The molecule has 0 saturated heterocycles. The number of carboxylic acids is 1. The summed E-state index contributed by atoms with van der Waals surface area (Å²) in [4.78, 5) is 112. The Morgan fingerprint density at radius 3 is 1.38 bits per heavy atom. The van der Waals surface area contributed by atoms with Crippen LogP contribution in [0.2, 0.25) is 10.0 Å². The topological polar surface area (TPSA) is 343 Å². The van der Waals surface area contributed by atoms with Gasteiger partial charge in [0.1, 0.15) is 75.2 Å². The zero-order valence-corrected chi connectivity index (χ0v) is 62.0. The number of carboxylic acid groups (broad SMARTS) is 1. The number of hydrogen-bond acceptors (Lipinski definition) is 16. The van der Waals surface area contributed by atoms with E-state index >= 15 is 0 Å². The van der Waals surface area contributed by atoms with Crippen molar-refractivity contribution in [2.45, 2.75) is 227 Å². The van der Waals surface area contributed by atoms with E-state index in [-0.39, 0.29) is 55.9 Å². The number of benzene rings is 4. The first kappa shape index (κ1) is 77.6. The molecule has 556 valence electrons. The highest BCUT2D eigenvalue weighted by Gasteiger charge is 2.62. The van der Waals surface area contributed by atoms with Crippen LogP contribution in [0.15, 0.2) is 109 Å². The Hall–Kier alpha value is -8.04. The molecule has 24 nitrogen and oxygen atoms in total. The van der Waals surface area contributed by atoms with Crippen molar-refractivity contribution in [3.63, 3.8) is 0 Å². The van der Waals surface area contributed by atoms with E-state index in [4.69, 9.17) is 47.3 Å². The number of hydrogen-bond donors (Lipinski definition) is 6. The number of nitrogens with one attached hydrogen (secondary N) is 4. The fourth-order valence-electron chi connectivity index (χ4n) is 13.3. The first-order chi connectivity index (χ1) is 48.6. The summed E-state index contributed by atoms with van der Waals surface area (Å²) >= 11 is 12.3. The number of nitrogens with two attached hydrogens (primary N) is 1. The number of sulfonamides is 1. The van der Waals surface area contributed by atoms with E-state index < -0.39 is 125 Å². The van der Waals surface area contributed by atoms with Gasteiger partial charge >= 0.3 is 18.2 Å². The molecule has 4 aliphatic carbocycles. The third-order valence-electron chi connectivity index (χ3n) is 19.2. The van der Waals surface area contributed by atoms with Crippen molar-refractivity contribution in [3.05, 3.63) is 142 Å². The van der Waals surface area contributed by atoms with Crippen LogP contribution < -0.4 is 35.9 Å². The van der Waals surface area contributed by atoms with Crippen LogP contribution in [0.1, 0.15) is 167 Å². The molecule has 4 heterocycles. The molecule has 0 spiro atoms. The van der Waals surface area contributed by atoms with Crippen LogP contribution in [0.25, 0.3) is 0 Å². The summed E-state index contributed by atoms with van der Waals surface area (Å²) in [6.45, 7) is 10.6. The van der Waals surface area contributed by atoms with Gasteiger partial charge < -0.3 is 55.1 Å². The third-order valence-corrected chi connectivity index (χ3v) is 23.3. The highest BCUT2D eigenvalue weighted by atomic mass is 35.5. The molecule has 4 fully saturated rings. The van der Waals surface area contributed by atoms with E-state index in [0.717, 1.165) is 73.6 Å². The molecule has 7 N–H and O–H groups in total. The molecule has 103 heavy (non-hydrogen) atoms. The maximum absolute atomic E-state index is 14.5. The molecule has 2 unspecified atom stereocenters. The predicted molar refractivity (Wildman–Crippen MR) is 386 cm³/mol. The number of ether oxygens (including phenoxy) is 4. The van der Waals surface area contributed by atoms with Crippen LogP contribution in [0.5, 0.6) is 23.0 Å². The smallest absolute Gasteiger partial charge is 0.408 e. The number of alkyl carbamates (subject to hydrolysis) is 2. The fraction of sp³-hybridized carbons (Fsp3) is 0.520. The summed E-state index contributed by atoms with van der Waals surface area (Å²) < 4.78 is 69.2. The lowest BCUT2D eigenvalue weighted by Gasteiger charge is -2.39. The van der Waals surface area contributed by atoms with Gasteiger partial charge in [0, 0.05) is 47.8 Å². The Balaban J connectivity index is 0.000000203. The van der Waals surface area contributed by atoms with Gasteiger partial charge in [-0.15, -0.1) is 0 Å². The summed E-state index contributed by atoms with van der Waals surface area (Å²) in [6, 6.07) is 20.9. The highest BCUT2D eigenvalue weighted by Crippen LogP contribution is 2.48. The van der Waals surface area contributed by atoms with Gasteiger partial charge in [0.25, 0.3) is 0 Å². The second-order valence-electron chi connectivity index (χ2n) is 29.9. The van der Waals surface area contributed by atoms with Gasteiger partial charge in [-0.3, -0.25) is 24.0 Å². The SMILES string of the molecule is CC(C)(C)OC(=O)N[C@H]1CCCCC/C=C\[C@@H]2C[C@@]2(C(=O)CS(=O)(=O)C2CC2)NC(=O)C2Cc3cc(Oc4cccc(Cl)c4)ccc3CN2C1=O.CC(C)(C)OC(=O)N[C@H]1CCCCC/C=C\[C@@H]2C[C@@]2(C(=O)O)NC(=O)C2Cc3cc(Oc4cccc(Cl)c4)ccc3CN2C1=O.NS(=O)(=O)C1CC1. The zero-order valence-electron chi connectivity index (χ0n) is 58.9. The minimum Gasteiger partial charge on any atom is -0.479 e.